The Labute approximate surface area is 216 Å². The van der Waals surface area contributed by atoms with Crippen molar-refractivity contribution in [1.29, 1.82) is 0 Å². The van der Waals surface area contributed by atoms with Gasteiger partial charge in [-0.1, -0.05) is 0 Å². The van der Waals surface area contributed by atoms with E-state index in [1.807, 2.05) is 0 Å². The summed E-state index contributed by atoms with van der Waals surface area (Å²) < 4.78 is 66.8. The highest BCUT2D eigenvalue weighted by Gasteiger charge is 2.58. The van der Waals surface area contributed by atoms with Gasteiger partial charge in [-0.3, -0.25) is 9.59 Å². The van der Waals surface area contributed by atoms with E-state index in [1.165, 1.54) is 0 Å². The van der Waals surface area contributed by atoms with Crippen LogP contribution in [0.15, 0.2) is 0 Å². The van der Waals surface area contributed by atoms with Crippen molar-refractivity contribution in [2.24, 2.45) is 46.3 Å². The van der Waals surface area contributed by atoms with Crippen LogP contribution in [0.2, 0.25) is 0 Å². The molecule has 0 N–H and O–H groups in total. The molecule has 0 aromatic rings. The van der Waals surface area contributed by atoms with Crippen molar-refractivity contribution in [1.82, 2.24) is 0 Å². The molecule has 37 heavy (non-hydrogen) atoms. The molecular weight excluding hydrogens is 488 g/mol. The van der Waals surface area contributed by atoms with Crippen molar-refractivity contribution in [3.63, 3.8) is 0 Å². The van der Waals surface area contributed by atoms with Gasteiger partial charge in [0, 0.05) is 13.3 Å². The van der Waals surface area contributed by atoms with Crippen LogP contribution in [0.5, 0.6) is 0 Å². The van der Waals surface area contributed by atoms with E-state index in [0.29, 0.717) is 35.5 Å². The van der Waals surface area contributed by atoms with Crippen molar-refractivity contribution < 1.29 is 36.6 Å². The van der Waals surface area contributed by atoms with Crippen LogP contribution in [-0.4, -0.2) is 36.5 Å². The Kier molecular flexibility index (Phi) is 6.19. The lowest BCUT2D eigenvalue weighted by molar-refractivity contribution is -0.208. The second kappa shape index (κ2) is 8.84. The fourth-order valence-corrected chi connectivity index (χ4v) is 10.1. The third-order valence-electron chi connectivity index (χ3n) is 11.0. The number of ether oxygens (including phenoxy) is 2. The molecule has 0 aliphatic heterocycles. The third kappa shape index (κ3) is 4.70. The Morgan fingerprint density at radius 1 is 0.730 bits per heavy atom. The summed E-state index contributed by atoms with van der Waals surface area (Å²) in [4.78, 5) is 26.8. The lowest BCUT2D eigenvalue weighted by Gasteiger charge is -2.55. The van der Waals surface area contributed by atoms with Crippen molar-refractivity contribution in [3.8, 4) is 0 Å². The zero-order valence-corrected chi connectivity index (χ0v) is 21.8. The summed E-state index contributed by atoms with van der Waals surface area (Å²) in [5.41, 5.74) is -1.13. The fraction of sp³-hybridized carbons (Fsp3) is 0.931. The van der Waals surface area contributed by atoms with Gasteiger partial charge >= 0.3 is 23.8 Å². The molecule has 8 rings (SSSR count). The fourth-order valence-electron chi connectivity index (χ4n) is 10.1. The second-order valence-corrected chi connectivity index (χ2v) is 14.2. The maximum atomic E-state index is 14.1. The highest BCUT2D eigenvalue weighted by atomic mass is 19.3. The lowest BCUT2D eigenvalue weighted by atomic mass is 9.49. The quantitative estimate of drug-likeness (QED) is 0.240. The first-order valence-corrected chi connectivity index (χ1v) is 14.5. The minimum Gasteiger partial charge on any atom is -0.461 e. The van der Waals surface area contributed by atoms with Crippen molar-refractivity contribution in [3.05, 3.63) is 0 Å². The van der Waals surface area contributed by atoms with E-state index in [4.69, 9.17) is 9.47 Å². The number of hydrogen-bond acceptors (Lipinski definition) is 4. The minimum atomic E-state index is -4.23. The molecule has 8 aliphatic rings. The molecule has 1 atom stereocenters. The summed E-state index contributed by atoms with van der Waals surface area (Å²) in [6.07, 6.45) is 8.81. The zero-order valence-electron chi connectivity index (χ0n) is 21.8. The highest BCUT2D eigenvalue weighted by Crippen LogP contribution is 2.61. The molecule has 0 aromatic carbocycles. The van der Waals surface area contributed by atoms with Crippen LogP contribution in [0.3, 0.4) is 0 Å². The van der Waals surface area contributed by atoms with Crippen LogP contribution in [-0.2, 0) is 19.1 Å². The Balaban J connectivity index is 1.14. The molecule has 208 valence electrons. The summed E-state index contributed by atoms with van der Waals surface area (Å²) in [6, 6.07) is 0. The summed E-state index contributed by atoms with van der Waals surface area (Å²) in [7, 11) is 0. The molecule has 8 aliphatic carbocycles. The van der Waals surface area contributed by atoms with E-state index in [0.717, 1.165) is 77.0 Å². The number of rotatable bonds is 9. The van der Waals surface area contributed by atoms with Crippen molar-refractivity contribution in [2.75, 3.05) is 6.61 Å². The van der Waals surface area contributed by atoms with Gasteiger partial charge in [-0.15, -0.1) is 0 Å². The molecule has 1 unspecified atom stereocenters. The average molecular weight is 529 g/mol. The minimum absolute atomic E-state index is 0.205. The summed E-state index contributed by atoms with van der Waals surface area (Å²) in [5, 5.41) is 0. The summed E-state index contributed by atoms with van der Waals surface area (Å²) in [5.74, 6) is -6.06. The molecule has 8 heteroatoms. The normalized spacial score (nSPS) is 42.6. The van der Waals surface area contributed by atoms with E-state index in [-0.39, 0.29) is 19.5 Å². The molecular formula is C29H40F4O4. The standard InChI is InChI=1S/C29H40F4O4/c1-26(30,31)29(32,33)3-2-23(37-25(35)28-13-20-7-21(14-28)9-22(8-20)15-28)16-36-24(34)27-10-17-4-18(11-27)6-19(5-17)12-27/h17-23H,2-16H2,1H3. The molecule has 0 amide bonds. The number of carbonyl (C=O) groups excluding carboxylic acids is 2. The predicted molar refractivity (Wildman–Crippen MR) is 127 cm³/mol. The van der Waals surface area contributed by atoms with Gasteiger partial charge < -0.3 is 9.47 Å². The van der Waals surface area contributed by atoms with Crippen LogP contribution in [0.25, 0.3) is 0 Å². The van der Waals surface area contributed by atoms with E-state index >= 15 is 0 Å². The monoisotopic (exact) mass is 528 g/mol. The number of hydrogen-bond donors (Lipinski definition) is 0. The Bertz CT molecular complexity index is 855. The maximum Gasteiger partial charge on any atom is 0.312 e. The van der Waals surface area contributed by atoms with Gasteiger partial charge in [0.05, 0.1) is 10.8 Å². The van der Waals surface area contributed by atoms with Gasteiger partial charge in [0.1, 0.15) is 12.7 Å². The second-order valence-electron chi connectivity index (χ2n) is 14.2. The zero-order chi connectivity index (χ0) is 26.2. The van der Waals surface area contributed by atoms with Crippen LogP contribution in [0, 0.1) is 46.3 Å². The average Bonchev–Trinajstić information content (AvgIpc) is 2.78. The van der Waals surface area contributed by atoms with E-state index < -0.39 is 47.6 Å². The highest BCUT2D eigenvalue weighted by molar-refractivity contribution is 5.78. The van der Waals surface area contributed by atoms with E-state index in [9.17, 15) is 27.2 Å². The predicted octanol–water partition coefficient (Wildman–Crippen LogP) is 6.94. The molecule has 0 saturated heterocycles. The largest absolute Gasteiger partial charge is 0.461 e. The smallest absolute Gasteiger partial charge is 0.312 e. The van der Waals surface area contributed by atoms with Crippen LogP contribution in [0.4, 0.5) is 17.6 Å². The Morgan fingerprint density at radius 3 is 1.49 bits per heavy atom. The SMILES string of the molecule is CC(F)(F)C(F)(F)CCC(COC(=O)C12CC3CC(CC(C3)C1)C2)OC(=O)C12CC3CC(CC(C3)C1)C2. The number of esters is 2. The topological polar surface area (TPSA) is 52.6 Å². The molecule has 0 spiro atoms. The van der Waals surface area contributed by atoms with Gasteiger partial charge in [-0.05, 0) is 119 Å². The molecule has 0 heterocycles. The summed E-state index contributed by atoms with van der Waals surface area (Å²) >= 11 is 0. The molecule has 8 bridgehead atoms. The molecule has 0 radical (unpaired) electrons. The molecule has 4 nitrogen and oxygen atoms in total. The first kappa shape index (κ1) is 25.9. The van der Waals surface area contributed by atoms with Crippen LogP contribution >= 0.6 is 0 Å². The molecule has 8 fully saturated rings. The van der Waals surface area contributed by atoms with Gasteiger partial charge in [-0.2, -0.15) is 8.78 Å². The number of alkyl halides is 4. The lowest BCUT2D eigenvalue weighted by Crippen LogP contribution is -2.52. The first-order chi connectivity index (χ1) is 17.3. The van der Waals surface area contributed by atoms with Crippen molar-refractivity contribution >= 4 is 11.9 Å². The van der Waals surface area contributed by atoms with Gasteiger partial charge in [-0.25, -0.2) is 8.78 Å². The van der Waals surface area contributed by atoms with Crippen LogP contribution in [0.1, 0.15) is 96.8 Å². The maximum absolute atomic E-state index is 14.1. The first-order valence-electron chi connectivity index (χ1n) is 14.5. The van der Waals surface area contributed by atoms with Crippen LogP contribution < -0.4 is 0 Å². The molecule has 8 saturated carbocycles. The Hall–Kier alpha value is -1.34. The van der Waals surface area contributed by atoms with E-state index in [1.54, 1.807) is 0 Å². The Morgan fingerprint density at radius 2 is 1.11 bits per heavy atom. The number of halogens is 4. The van der Waals surface area contributed by atoms with Gasteiger partial charge in [0.25, 0.3) is 0 Å². The number of carbonyl (C=O) groups is 2. The molecule has 0 aromatic heterocycles. The van der Waals surface area contributed by atoms with Gasteiger partial charge in [0.2, 0.25) is 0 Å². The third-order valence-corrected chi connectivity index (χ3v) is 11.0. The van der Waals surface area contributed by atoms with Gasteiger partial charge in [0.15, 0.2) is 0 Å². The summed E-state index contributed by atoms with van der Waals surface area (Å²) in [6.45, 7) is -0.138. The van der Waals surface area contributed by atoms with E-state index in [2.05, 4.69) is 0 Å². The van der Waals surface area contributed by atoms with Crippen molar-refractivity contribution in [2.45, 2.75) is 115 Å².